The maximum Gasteiger partial charge on any atom is 0.228 e. The van der Waals surface area contributed by atoms with E-state index in [-0.39, 0.29) is 0 Å². The van der Waals surface area contributed by atoms with Gasteiger partial charge in [0.25, 0.3) is 0 Å². The molecule has 2 heterocycles. The summed E-state index contributed by atoms with van der Waals surface area (Å²) in [5.41, 5.74) is 0. The Kier molecular flexibility index (Phi) is 3.60. The van der Waals surface area contributed by atoms with Gasteiger partial charge in [0.2, 0.25) is 5.89 Å². The van der Waals surface area contributed by atoms with E-state index in [0.717, 1.165) is 30.4 Å². The fraction of sp³-hybridized carbons (Fsp3) is 0.667. The van der Waals surface area contributed by atoms with Crippen LogP contribution < -0.4 is 5.32 Å². The van der Waals surface area contributed by atoms with Gasteiger partial charge in [-0.25, -0.2) is 0 Å². The molecule has 1 aromatic rings. The van der Waals surface area contributed by atoms with Crippen LogP contribution in [0.15, 0.2) is 15.8 Å². The van der Waals surface area contributed by atoms with Gasteiger partial charge in [-0.3, -0.25) is 4.99 Å². The summed E-state index contributed by atoms with van der Waals surface area (Å²) < 4.78 is 4.89. The quantitative estimate of drug-likeness (QED) is 0.831. The van der Waals surface area contributed by atoms with E-state index in [0.29, 0.717) is 11.8 Å². The molecule has 0 saturated carbocycles. The molecule has 82 valence electrons. The van der Waals surface area contributed by atoms with Gasteiger partial charge in [-0.1, -0.05) is 23.8 Å². The van der Waals surface area contributed by atoms with Crippen LogP contribution in [0.4, 0.5) is 0 Å². The van der Waals surface area contributed by atoms with Crippen molar-refractivity contribution >= 4 is 16.9 Å². The molecule has 1 atom stereocenters. The Balaban J connectivity index is 1.70. The molecule has 0 radical (unpaired) electrons. The third-order valence-corrected chi connectivity index (χ3v) is 3.36. The number of aliphatic imine (C=N–C) groups is 1. The Morgan fingerprint density at radius 3 is 3.27 bits per heavy atom. The molecule has 6 heteroatoms. The minimum Gasteiger partial charge on any atom is -0.364 e. The van der Waals surface area contributed by atoms with Gasteiger partial charge in [-0.2, -0.15) is 4.98 Å². The molecular weight excluding hydrogens is 212 g/mol. The van der Waals surface area contributed by atoms with E-state index in [1.54, 1.807) is 11.8 Å². The molecule has 0 spiro atoms. The monoisotopic (exact) mass is 226 g/mol. The molecule has 1 aliphatic heterocycles. The third kappa shape index (κ3) is 3.23. The van der Waals surface area contributed by atoms with Gasteiger partial charge >= 0.3 is 0 Å². The third-order valence-electron chi connectivity index (χ3n) is 2.07. The average molecular weight is 226 g/mol. The second-order valence-electron chi connectivity index (χ2n) is 3.57. The zero-order valence-electron chi connectivity index (χ0n) is 8.64. The highest BCUT2D eigenvalue weighted by atomic mass is 32.2. The SMILES string of the molecule is CC1CN=C(NCCc2ncno2)SC1. The van der Waals surface area contributed by atoms with Gasteiger partial charge < -0.3 is 9.84 Å². The van der Waals surface area contributed by atoms with E-state index >= 15 is 0 Å². The highest BCUT2D eigenvalue weighted by molar-refractivity contribution is 8.13. The molecule has 1 aromatic heterocycles. The Hall–Kier alpha value is -1.04. The van der Waals surface area contributed by atoms with Crippen molar-refractivity contribution in [2.75, 3.05) is 18.8 Å². The van der Waals surface area contributed by atoms with Crippen LogP contribution in [0.2, 0.25) is 0 Å². The van der Waals surface area contributed by atoms with Crippen LogP contribution in [0, 0.1) is 5.92 Å². The molecule has 1 unspecified atom stereocenters. The molecule has 0 fully saturated rings. The molecule has 0 aromatic carbocycles. The lowest BCUT2D eigenvalue weighted by Crippen LogP contribution is -2.27. The summed E-state index contributed by atoms with van der Waals surface area (Å²) in [6.45, 7) is 3.93. The van der Waals surface area contributed by atoms with Crippen LogP contribution in [-0.2, 0) is 6.42 Å². The predicted molar refractivity (Wildman–Crippen MR) is 59.9 cm³/mol. The van der Waals surface area contributed by atoms with Crippen molar-refractivity contribution in [1.29, 1.82) is 0 Å². The molecule has 1 aliphatic rings. The molecule has 0 saturated heterocycles. The first kappa shape index (κ1) is 10.5. The fourth-order valence-electron chi connectivity index (χ4n) is 1.25. The van der Waals surface area contributed by atoms with Crippen molar-refractivity contribution in [2.24, 2.45) is 10.9 Å². The van der Waals surface area contributed by atoms with Gasteiger partial charge in [0.15, 0.2) is 11.5 Å². The van der Waals surface area contributed by atoms with Crippen molar-refractivity contribution in [2.45, 2.75) is 13.3 Å². The molecule has 15 heavy (non-hydrogen) atoms. The Bertz CT molecular complexity index is 325. The number of hydrogen-bond acceptors (Lipinski definition) is 6. The fourth-order valence-corrected chi connectivity index (χ4v) is 2.17. The van der Waals surface area contributed by atoms with E-state index < -0.39 is 0 Å². The topological polar surface area (TPSA) is 63.3 Å². The number of nitrogens with one attached hydrogen (secondary N) is 1. The second-order valence-corrected chi connectivity index (χ2v) is 4.58. The Morgan fingerprint density at radius 2 is 2.60 bits per heavy atom. The maximum absolute atomic E-state index is 4.89. The molecule has 0 aliphatic carbocycles. The summed E-state index contributed by atoms with van der Waals surface area (Å²) in [7, 11) is 0. The van der Waals surface area contributed by atoms with Gasteiger partial charge in [0.1, 0.15) is 0 Å². The normalized spacial score (nSPS) is 21.1. The molecule has 1 N–H and O–H groups in total. The number of hydrogen-bond donors (Lipinski definition) is 1. The van der Waals surface area contributed by atoms with Gasteiger partial charge in [0, 0.05) is 25.3 Å². The van der Waals surface area contributed by atoms with Crippen molar-refractivity contribution in [3.05, 3.63) is 12.2 Å². The van der Waals surface area contributed by atoms with Gasteiger partial charge in [-0.05, 0) is 5.92 Å². The van der Waals surface area contributed by atoms with Gasteiger partial charge in [-0.15, -0.1) is 0 Å². The zero-order chi connectivity index (χ0) is 10.5. The largest absolute Gasteiger partial charge is 0.364 e. The second kappa shape index (κ2) is 5.16. The van der Waals surface area contributed by atoms with Crippen LogP contribution in [-0.4, -0.2) is 34.2 Å². The first-order valence-electron chi connectivity index (χ1n) is 5.01. The summed E-state index contributed by atoms with van der Waals surface area (Å²) in [6.07, 6.45) is 2.17. The number of thioether (sulfide) groups is 1. The van der Waals surface area contributed by atoms with E-state index in [1.165, 1.54) is 6.33 Å². The molecule has 0 amide bonds. The first-order valence-corrected chi connectivity index (χ1v) is 6.00. The molecule has 2 rings (SSSR count). The van der Waals surface area contributed by atoms with Crippen LogP contribution >= 0.6 is 11.8 Å². The van der Waals surface area contributed by atoms with E-state index in [2.05, 4.69) is 27.4 Å². The van der Waals surface area contributed by atoms with Crippen molar-refractivity contribution < 1.29 is 4.52 Å². The number of amidine groups is 1. The standard InChI is InChI=1S/C9H14N4OS/c1-7-4-11-9(15-5-7)10-3-2-8-12-6-13-14-8/h6-7H,2-5H2,1H3,(H,10,11). The minimum atomic E-state index is 0.664. The van der Waals surface area contributed by atoms with Crippen LogP contribution in [0.25, 0.3) is 0 Å². The molecule has 0 bridgehead atoms. The number of rotatable bonds is 3. The predicted octanol–water partition coefficient (Wildman–Crippen LogP) is 0.941. The summed E-state index contributed by atoms with van der Waals surface area (Å²) >= 11 is 1.78. The van der Waals surface area contributed by atoms with Crippen molar-refractivity contribution in [3.8, 4) is 0 Å². The van der Waals surface area contributed by atoms with Crippen LogP contribution in [0.3, 0.4) is 0 Å². The lowest BCUT2D eigenvalue weighted by atomic mass is 10.2. The van der Waals surface area contributed by atoms with E-state index in [1.807, 2.05) is 0 Å². The van der Waals surface area contributed by atoms with E-state index in [9.17, 15) is 0 Å². The summed E-state index contributed by atoms with van der Waals surface area (Å²) in [6, 6.07) is 0. The highest BCUT2D eigenvalue weighted by Gasteiger charge is 2.11. The average Bonchev–Trinajstić information content (AvgIpc) is 2.74. The van der Waals surface area contributed by atoms with Crippen LogP contribution in [0.5, 0.6) is 0 Å². The highest BCUT2D eigenvalue weighted by Crippen LogP contribution is 2.15. The smallest absolute Gasteiger partial charge is 0.228 e. The summed E-state index contributed by atoms with van der Waals surface area (Å²) in [5.74, 6) is 2.50. The summed E-state index contributed by atoms with van der Waals surface area (Å²) in [5, 5.41) is 7.85. The number of nitrogens with zero attached hydrogens (tertiary/aromatic N) is 3. The van der Waals surface area contributed by atoms with Crippen molar-refractivity contribution in [3.63, 3.8) is 0 Å². The Labute approximate surface area is 92.7 Å². The Morgan fingerprint density at radius 1 is 1.67 bits per heavy atom. The molecule has 5 nitrogen and oxygen atoms in total. The maximum atomic E-state index is 4.89. The van der Waals surface area contributed by atoms with Crippen LogP contribution in [0.1, 0.15) is 12.8 Å². The molecular formula is C9H14N4OS. The number of aromatic nitrogens is 2. The first-order chi connectivity index (χ1) is 7.34. The van der Waals surface area contributed by atoms with Crippen molar-refractivity contribution in [1.82, 2.24) is 15.5 Å². The summed E-state index contributed by atoms with van der Waals surface area (Å²) in [4.78, 5) is 8.38. The lowest BCUT2D eigenvalue weighted by molar-refractivity contribution is 0.377. The zero-order valence-corrected chi connectivity index (χ0v) is 9.46. The lowest BCUT2D eigenvalue weighted by Gasteiger charge is -2.17. The minimum absolute atomic E-state index is 0.664. The van der Waals surface area contributed by atoms with E-state index in [4.69, 9.17) is 4.52 Å². The van der Waals surface area contributed by atoms with Gasteiger partial charge in [0.05, 0.1) is 0 Å².